The van der Waals surface area contributed by atoms with Crippen LogP contribution in [0, 0.1) is 0 Å². The molecule has 1 N–H and O–H groups in total. The third-order valence-electron chi connectivity index (χ3n) is 2.98. The van der Waals surface area contributed by atoms with Crippen molar-refractivity contribution >= 4 is 27.3 Å². The van der Waals surface area contributed by atoms with E-state index in [9.17, 15) is 13.2 Å². The highest BCUT2D eigenvalue weighted by molar-refractivity contribution is 7.89. The highest BCUT2D eigenvalue weighted by atomic mass is 32.2. The Hall–Kier alpha value is -0.960. The van der Waals surface area contributed by atoms with Gasteiger partial charge >= 0.3 is 5.97 Å². The van der Waals surface area contributed by atoms with E-state index < -0.39 is 16.0 Å². The largest absolute Gasteiger partial charge is 0.477 e. The van der Waals surface area contributed by atoms with E-state index >= 15 is 0 Å². The van der Waals surface area contributed by atoms with Crippen LogP contribution >= 0.6 is 11.3 Å². The van der Waals surface area contributed by atoms with Gasteiger partial charge in [0.15, 0.2) is 0 Å². The summed E-state index contributed by atoms with van der Waals surface area (Å²) < 4.78 is 31.5. The number of morpholine rings is 1. The molecule has 2 rings (SSSR count). The molecule has 0 amide bonds. The van der Waals surface area contributed by atoms with Crippen molar-refractivity contribution in [2.45, 2.75) is 24.3 Å². The molecule has 0 saturated carbocycles. The van der Waals surface area contributed by atoms with Crippen molar-refractivity contribution < 1.29 is 23.1 Å². The van der Waals surface area contributed by atoms with Gasteiger partial charge in [0.2, 0.25) is 10.0 Å². The van der Waals surface area contributed by atoms with Crippen molar-refractivity contribution in [1.29, 1.82) is 0 Å². The van der Waals surface area contributed by atoms with E-state index in [1.807, 2.05) is 6.92 Å². The molecule has 0 aliphatic carbocycles. The maximum absolute atomic E-state index is 12.4. The zero-order valence-electron chi connectivity index (χ0n) is 10.4. The molecular formula is C11H15NO5S2. The van der Waals surface area contributed by atoms with Crippen molar-refractivity contribution in [3.63, 3.8) is 0 Å². The number of aromatic carboxylic acids is 1. The summed E-state index contributed by atoms with van der Waals surface area (Å²) in [7, 11) is -3.62. The van der Waals surface area contributed by atoms with Gasteiger partial charge in [-0.1, -0.05) is 6.92 Å². The number of ether oxygens (including phenoxy) is 1. The number of carbonyl (C=O) groups is 1. The molecule has 1 aromatic heterocycles. The molecule has 0 aromatic carbocycles. The fraction of sp³-hybridized carbons (Fsp3) is 0.545. The molecule has 106 valence electrons. The van der Waals surface area contributed by atoms with E-state index in [0.717, 1.165) is 17.8 Å². The van der Waals surface area contributed by atoms with Crippen molar-refractivity contribution in [2.24, 2.45) is 0 Å². The fourth-order valence-electron chi connectivity index (χ4n) is 1.87. The van der Waals surface area contributed by atoms with Gasteiger partial charge in [-0.15, -0.1) is 11.3 Å². The average molecular weight is 305 g/mol. The van der Waals surface area contributed by atoms with E-state index in [-0.39, 0.29) is 15.9 Å². The van der Waals surface area contributed by atoms with Gasteiger partial charge in [-0.3, -0.25) is 0 Å². The molecule has 1 atom stereocenters. The maximum atomic E-state index is 12.4. The van der Waals surface area contributed by atoms with Crippen LogP contribution in [0.25, 0.3) is 0 Å². The summed E-state index contributed by atoms with van der Waals surface area (Å²) >= 11 is 0.918. The normalized spacial score (nSPS) is 21.4. The zero-order chi connectivity index (χ0) is 14.0. The third kappa shape index (κ3) is 2.97. The Morgan fingerprint density at radius 3 is 2.95 bits per heavy atom. The summed E-state index contributed by atoms with van der Waals surface area (Å²) in [5.41, 5.74) is 0. The summed E-state index contributed by atoms with van der Waals surface area (Å²) in [5, 5.41) is 10.2. The highest BCUT2D eigenvalue weighted by Gasteiger charge is 2.31. The quantitative estimate of drug-likeness (QED) is 0.905. The van der Waals surface area contributed by atoms with Crippen LogP contribution in [0.1, 0.15) is 23.0 Å². The summed E-state index contributed by atoms with van der Waals surface area (Å²) in [5.74, 6) is -1.11. The highest BCUT2D eigenvalue weighted by Crippen LogP contribution is 2.24. The number of rotatable bonds is 4. The lowest BCUT2D eigenvalue weighted by Gasteiger charge is -2.31. The Morgan fingerprint density at radius 2 is 2.37 bits per heavy atom. The molecule has 1 aromatic rings. The van der Waals surface area contributed by atoms with E-state index in [2.05, 4.69) is 0 Å². The molecule has 8 heteroatoms. The molecule has 0 spiro atoms. The Bertz CT molecular complexity index is 565. The van der Waals surface area contributed by atoms with E-state index in [1.165, 1.54) is 15.8 Å². The molecule has 1 unspecified atom stereocenters. The molecule has 0 radical (unpaired) electrons. The Labute approximate surface area is 115 Å². The summed E-state index contributed by atoms with van der Waals surface area (Å²) in [4.78, 5) is 10.9. The number of carboxylic acid groups (broad SMARTS) is 1. The van der Waals surface area contributed by atoms with Crippen molar-refractivity contribution in [3.8, 4) is 0 Å². The van der Waals surface area contributed by atoms with Crippen LogP contribution in [0.15, 0.2) is 16.3 Å². The standard InChI is InChI=1S/C11H15NO5S2/c1-2-8-6-12(3-4-17-8)19(15,16)9-5-10(11(13)14)18-7-9/h5,7-8H,2-4,6H2,1H3,(H,13,14). The first-order chi connectivity index (χ1) is 8.95. The van der Waals surface area contributed by atoms with Crippen LogP contribution < -0.4 is 0 Å². The summed E-state index contributed by atoms with van der Waals surface area (Å²) in [6.07, 6.45) is 0.650. The number of hydrogen-bond acceptors (Lipinski definition) is 5. The first kappa shape index (κ1) is 14.4. The van der Waals surface area contributed by atoms with E-state index in [0.29, 0.717) is 19.7 Å². The SMILES string of the molecule is CCC1CN(S(=O)(=O)c2csc(C(=O)O)c2)CCO1. The molecule has 1 aliphatic rings. The Kier molecular flexibility index (Phi) is 4.24. The third-order valence-corrected chi connectivity index (χ3v) is 5.89. The van der Waals surface area contributed by atoms with Crippen LogP contribution in [0.5, 0.6) is 0 Å². The van der Waals surface area contributed by atoms with Crippen LogP contribution in [-0.2, 0) is 14.8 Å². The van der Waals surface area contributed by atoms with Crippen LogP contribution in [0.4, 0.5) is 0 Å². The second-order valence-electron chi connectivity index (χ2n) is 4.22. The Balaban J connectivity index is 2.23. The van der Waals surface area contributed by atoms with E-state index in [4.69, 9.17) is 9.84 Å². The number of thiophene rings is 1. The molecule has 6 nitrogen and oxygen atoms in total. The van der Waals surface area contributed by atoms with Gasteiger partial charge in [0, 0.05) is 18.5 Å². The minimum atomic E-state index is -3.62. The van der Waals surface area contributed by atoms with Gasteiger partial charge in [-0.05, 0) is 12.5 Å². The summed E-state index contributed by atoms with van der Waals surface area (Å²) in [6, 6.07) is 1.21. The predicted molar refractivity (Wildman–Crippen MR) is 70.1 cm³/mol. The van der Waals surface area contributed by atoms with Crippen molar-refractivity contribution in [2.75, 3.05) is 19.7 Å². The van der Waals surface area contributed by atoms with Crippen LogP contribution in [0.2, 0.25) is 0 Å². The molecule has 2 heterocycles. The fourth-order valence-corrected chi connectivity index (χ4v) is 4.43. The molecule has 0 bridgehead atoms. The molecule has 1 aliphatic heterocycles. The second kappa shape index (κ2) is 5.58. The first-order valence-corrected chi connectivity index (χ1v) is 8.20. The van der Waals surface area contributed by atoms with Gasteiger partial charge in [-0.25, -0.2) is 13.2 Å². The van der Waals surface area contributed by atoms with Crippen molar-refractivity contribution in [1.82, 2.24) is 4.31 Å². The second-order valence-corrected chi connectivity index (χ2v) is 7.07. The molecule has 1 saturated heterocycles. The lowest BCUT2D eigenvalue weighted by Crippen LogP contribution is -2.45. The van der Waals surface area contributed by atoms with Gasteiger partial charge in [0.25, 0.3) is 0 Å². The maximum Gasteiger partial charge on any atom is 0.345 e. The number of hydrogen-bond donors (Lipinski definition) is 1. The number of carboxylic acids is 1. The van der Waals surface area contributed by atoms with Crippen LogP contribution in [0.3, 0.4) is 0 Å². The van der Waals surface area contributed by atoms with Crippen LogP contribution in [-0.4, -0.2) is 49.6 Å². The zero-order valence-corrected chi connectivity index (χ0v) is 12.0. The topological polar surface area (TPSA) is 83.9 Å². The first-order valence-electron chi connectivity index (χ1n) is 5.88. The lowest BCUT2D eigenvalue weighted by molar-refractivity contribution is -0.00277. The molecule has 1 fully saturated rings. The number of sulfonamides is 1. The smallest absolute Gasteiger partial charge is 0.345 e. The average Bonchev–Trinajstić information content (AvgIpc) is 2.89. The minimum absolute atomic E-state index is 0.0267. The monoisotopic (exact) mass is 305 g/mol. The van der Waals surface area contributed by atoms with Gasteiger partial charge < -0.3 is 9.84 Å². The summed E-state index contributed by atoms with van der Waals surface area (Å²) in [6.45, 7) is 2.93. The van der Waals surface area contributed by atoms with Crippen molar-refractivity contribution in [3.05, 3.63) is 16.3 Å². The lowest BCUT2D eigenvalue weighted by atomic mass is 10.2. The molecular weight excluding hydrogens is 290 g/mol. The van der Waals surface area contributed by atoms with Gasteiger partial charge in [-0.2, -0.15) is 4.31 Å². The minimum Gasteiger partial charge on any atom is -0.477 e. The van der Waals surface area contributed by atoms with Gasteiger partial charge in [0.05, 0.1) is 17.6 Å². The number of nitrogens with zero attached hydrogens (tertiary/aromatic N) is 1. The van der Waals surface area contributed by atoms with Gasteiger partial charge in [0.1, 0.15) is 4.88 Å². The Morgan fingerprint density at radius 1 is 1.63 bits per heavy atom. The predicted octanol–water partition coefficient (Wildman–Crippen LogP) is 1.25. The molecule has 19 heavy (non-hydrogen) atoms. The van der Waals surface area contributed by atoms with E-state index in [1.54, 1.807) is 0 Å².